The molecule has 0 saturated heterocycles. The number of benzene rings is 2. The van der Waals surface area contributed by atoms with Gasteiger partial charge in [-0.05, 0) is 35.9 Å². The van der Waals surface area contributed by atoms with E-state index < -0.39 is 21.8 Å². The molecule has 2 rings (SSSR count). The standard InChI is InChI=1S/C15H14F3N3O2S/c1-21(14-5-3-2-4-11(14)10-20-19)24(22,23)13-8-6-12(7-9-13)15(16,17)18/h2-9,19H,10H2,1H3. The van der Waals surface area contributed by atoms with Crippen molar-refractivity contribution in [1.82, 2.24) is 0 Å². The third kappa shape index (κ3) is 3.56. The summed E-state index contributed by atoms with van der Waals surface area (Å²) in [6, 6.07) is 9.79. The van der Waals surface area contributed by atoms with E-state index in [1.165, 1.54) is 7.05 Å². The average Bonchev–Trinajstić information content (AvgIpc) is 2.54. The van der Waals surface area contributed by atoms with Crippen LogP contribution >= 0.6 is 0 Å². The molecule has 0 aliphatic rings. The zero-order chi connectivity index (χ0) is 18.0. The van der Waals surface area contributed by atoms with Gasteiger partial charge in [0.2, 0.25) is 0 Å². The Morgan fingerprint density at radius 1 is 1.08 bits per heavy atom. The smallest absolute Gasteiger partial charge is 0.269 e. The number of sulfonamides is 1. The molecule has 0 unspecified atom stereocenters. The van der Waals surface area contributed by atoms with E-state index in [9.17, 15) is 21.6 Å². The van der Waals surface area contributed by atoms with Crippen LogP contribution in [0.2, 0.25) is 0 Å². The van der Waals surface area contributed by atoms with E-state index in [2.05, 4.69) is 5.11 Å². The van der Waals surface area contributed by atoms with Crippen LogP contribution in [0.3, 0.4) is 0 Å². The molecule has 5 nitrogen and oxygen atoms in total. The van der Waals surface area contributed by atoms with Crippen molar-refractivity contribution in [3.8, 4) is 0 Å². The van der Waals surface area contributed by atoms with Crippen LogP contribution in [0.25, 0.3) is 0 Å². The van der Waals surface area contributed by atoms with Crippen molar-refractivity contribution in [2.24, 2.45) is 5.11 Å². The second-order valence-corrected chi connectivity index (χ2v) is 6.91. The Labute approximate surface area is 137 Å². The molecular formula is C15H14F3N3O2S. The van der Waals surface area contributed by atoms with Gasteiger partial charge in [0, 0.05) is 7.05 Å². The van der Waals surface area contributed by atoms with Crippen molar-refractivity contribution in [2.45, 2.75) is 17.6 Å². The summed E-state index contributed by atoms with van der Waals surface area (Å²) in [7, 11) is -2.73. The number of nitrogens with one attached hydrogen (secondary N) is 1. The molecule has 0 aliphatic carbocycles. The van der Waals surface area contributed by atoms with Crippen LogP contribution in [-0.4, -0.2) is 15.5 Å². The zero-order valence-electron chi connectivity index (χ0n) is 12.6. The highest BCUT2D eigenvalue weighted by molar-refractivity contribution is 7.92. The first-order valence-electron chi connectivity index (χ1n) is 6.75. The molecule has 0 bridgehead atoms. The quantitative estimate of drug-likeness (QED) is 0.820. The molecule has 128 valence electrons. The molecule has 0 radical (unpaired) electrons. The van der Waals surface area contributed by atoms with Crippen LogP contribution in [0.15, 0.2) is 58.5 Å². The van der Waals surface area contributed by atoms with E-state index in [-0.39, 0.29) is 11.4 Å². The van der Waals surface area contributed by atoms with Crippen LogP contribution in [0.4, 0.5) is 18.9 Å². The normalized spacial score (nSPS) is 12.0. The molecule has 0 aliphatic heterocycles. The number of halogens is 3. The minimum Gasteiger partial charge on any atom is -0.269 e. The zero-order valence-corrected chi connectivity index (χ0v) is 13.4. The van der Waals surface area contributed by atoms with E-state index in [4.69, 9.17) is 5.53 Å². The summed E-state index contributed by atoms with van der Waals surface area (Å²) in [6.45, 7) is 0.00302. The number of alkyl halides is 3. The van der Waals surface area contributed by atoms with Gasteiger partial charge in [0.05, 0.1) is 22.7 Å². The summed E-state index contributed by atoms with van der Waals surface area (Å²) in [4.78, 5) is -0.254. The minimum absolute atomic E-state index is 0.00302. The van der Waals surface area contributed by atoms with Gasteiger partial charge in [-0.25, -0.2) is 13.9 Å². The Morgan fingerprint density at radius 3 is 2.21 bits per heavy atom. The molecule has 0 atom stereocenters. The summed E-state index contributed by atoms with van der Waals surface area (Å²) in [5, 5.41) is 3.25. The molecule has 2 aromatic rings. The maximum Gasteiger partial charge on any atom is 0.416 e. The van der Waals surface area contributed by atoms with Crippen molar-refractivity contribution in [1.29, 1.82) is 5.53 Å². The SMILES string of the molecule is CN(c1ccccc1CN=N)S(=O)(=O)c1ccc(C(F)(F)F)cc1. The first-order chi connectivity index (χ1) is 11.2. The summed E-state index contributed by atoms with van der Waals surface area (Å²) in [5.74, 6) is 0. The van der Waals surface area contributed by atoms with E-state index in [0.29, 0.717) is 11.3 Å². The fourth-order valence-electron chi connectivity index (χ4n) is 2.14. The third-order valence-electron chi connectivity index (χ3n) is 3.42. The molecule has 0 aromatic heterocycles. The lowest BCUT2D eigenvalue weighted by molar-refractivity contribution is -0.137. The predicted octanol–water partition coefficient (Wildman–Crippen LogP) is 4.06. The summed E-state index contributed by atoms with van der Waals surface area (Å²) in [5.41, 5.74) is 6.84. The van der Waals surface area contributed by atoms with Gasteiger partial charge < -0.3 is 0 Å². The van der Waals surface area contributed by atoms with E-state index in [0.717, 1.165) is 28.6 Å². The first kappa shape index (κ1) is 17.9. The number of rotatable bonds is 5. The number of nitrogens with zero attached hydrogens (tertiary/aromatic N) is 2. The molecule has 0 amide bonds. The number of anilines is 1. The van der Waals surface area contributed by atoms with Gasteiger partial charge in [-0.2, -0.15) is 18.3 Å². The topological polar surface area (TPSA) is 73.6 Å². The maximum atomic E-state index is 12.6. The predicted molar refractivity (Wildman–Crippen MR) is 82.3 cm³/mol. The van der Waals surface area contributed by atoms with Crippen LogP contribution in [0, 0.1) is 5.53 Å². The van der Waals surface area contributed by atoms with Gasteiger partial charge in [0.1, 0.15) is 0 Å². The second-order valence-electron chi connectivity index (χ2n) is 4.94. The average molecular weight is 357 g/mol. The van der Waals surface area contributed by atoms with Crippen molar-refractivity contribution in [3.63, 3.8) is 0 Å². The number of para-hydroxylation sites is 1. The van der Waals surface area contributed by atoms with Crippen LogP contribution in [0.1, 0.15) is 11.1 Å². The summed E-state index contributed by atoms with van der Waals surface area (Å²) >= 11 is 0. The molecule has 9 heteroatoms. The summed E-state index contributed by atoms with van der Waals surface area (Å²) < 4.78 is 64.0. The lowest BCUT2D eigenvalue weighted by Crippen LogP contribution is -2.27. The third-order valence-corrected chi connectivity index (χ3v) is 5.21. The van der Waals surface area contributed by atoms with Gasteiger partial charge in [0.25, 0.3) is 10.0 Å². The minimum atomic E-state index is -4.53. The van der Waals surface area contributed by atoms with E-state index >= 15 is 0 Å². The van der Waals surface area contributed by atoms with Crippen LogP contribution in [-0.2, 0) is 22.7 Å². The monoisotopic (exact) mass is 357 g/mol. The fraction of sp³-hybridized carbons (Fsp3) is 0.200. The van der Waals surface area contributed by atoms with Gasteiger partial charge in [-0.15, -0.1) is 0 Å². The van der Waals surface area contributed by atoms with Gasteiger partial charge >= 0.3 is 6.18 Å². The highest BCUT2D eigenvalue weighted by Crippen LogP contribution is 2.31. The number of hydrogen-bond donors (Lipinski definition) is 1. The fourth-order valence-corrected chi connectivity index (χ4v) is 3.37. The van der Waals surface area contributed by atoms with E-state index in [1.54, 1.807) is 24.3 Å². The van der Waals surface area contributed by atoms with Crippen molar-refractivity contribution in [2.75, 3.05) is 11.4 Å². The number of hydrogen-bond acceptors (Lipinski definition) is 4. The Hall–Kier alpha value is -2.42. The Morgan fingerprint density at radius 2 is 1.67 bits per heavy atom. The van der Waals surface area contributed by atoms with Crippen molar-refractivity contribution >= 4 is 15.7 Å². The maximum absolute atomic E-state index is 12.6. The Kier molecular flexibility index (Phi) is 4.93. The molecule has 0 fully saturated rings. The van der Waals surface area contributed by atoms with Gasteiger partial charge in [-0.3, -0.25) is 4.31 Å². The van der Waals surface area contributed by atoms with Gasteiger partial charge in [-0.1, -0.05) is 18.2 Å². The highest BCUT2D eigenvalue weighted by atomic mass is 32.2. The first-order valence-corrected chi connectivity index (χ1v) is 8.19. The Balaban J connectivity index is 2.42. The van der Waals surface area contributed by atoms with E-state index in [1.807, 2.05) is 0 Å². The van der Waals surface area contributed by atoms with Crippen molar-refractivity contribution in [3.05, 3.63) is 59.7 Å². The lowest BCUT2D eigenvalue weighted by Gasteiger charge is -2.22. The Bertz CT molecular complexity index is 834. The largest absolute Gasteiger partial charge is 0.416 e. The molecule has 0 spiro atoms. The lowest BCUT2D eigenvalue weighted by atomic mass is 10.2. The van der Waals surface area contributed by atoms with Crippen LogP contribution in [0.5, 0.6) is 0 Å². The molecule has 0 heterocycles. The van der Waals surface area contributed by atoms with Crippen LogP contribution < -0.4 is 4.31 Å². The summed E-state index contributed by atoms with van der Waals surface area (Å²) in [6.07, 6.45) is -4.53. The molecule has 1 N–H and O–H groups in total. The molecule has 24 heavy (non-hydrogen) atoms. The van der Waals surface area contributed by atoms with Gasteiger partial charge in [0.15, 0.2) is 0 Å². The molecule has 0 saturated carbocycles. The molecule has 2 aromatic carbocycles. The highest BCUT2D eigenvalue weighted by Gasteiger charge is 2.31. The van der Waals surface area contributed by atoms with Crippen molar-refractivity contribution < 1.29 is 21.6 Å². The second kappa shape index (κ2) is 6.60. The molecular weight excluding hydrogens is 343 g/mol.